The lowest BCUT2D eigenvalue weighted by molar-refractivity contribution is 0.219. The molecule has 4 aliphatic rings. The molecular formula is C38H40N4O5. The molecule has 0 spiro atoms. The Bertz CT molecular complexity index is 1970. The van der Waals surface area contributed by atoms with Gasteiger partial charge in [0.05, 0.1) is 32.7 Å². The fourth-order valence-corrected chi connectivity index (χ4v) is 7.70. The number of nitrogens with zero attached hydrogens (tertiary/aromatic N) is 3. The number of likely N-dealkylation sites (N-methyl/N-ethyl adjacent to an activating group) is 2. The molecule has 2 N–H and O–H groups in total. The van der Waals surface area contributed by atoms with E-state index in [0.717, 1.165) is 72.4 Å². The fraction of sp³-hybridized carbons (Fsp3) is 0.342. The van der Waals surface area contributed by atoms with Gasteiger partial charge in [0.15, 0.2) is 28.7 Å². The maximum Gasteiger partial charge on any atom is 0.174 e. The molecule has 9 heteroatoms. The lowest BCUT2D eigenvalue weighted by Gasteiger charge is -2.37. The number of imidazole rings is 1. The summed E-state index contributed by atoms with van der Waals surface area (Å²) in [6, 6.07) is 19.1. The molecular weight excluding hydrogens is 592 g/mol. The van der Waals surface area contributed by atoms with Crippen molar-refractivity contribution in [3.8, 4) is 34.5 Å². The van der Waals surface area contributed by atoms with Gasteiger partial charge in [0.25, 0.3) is 0 Å². The first-order valence-corrected chi connectivity index (χ1v) is 16.3. The zero-order chi connectivity index (χ0) is 32.2. The molecule has 9 rings (SSSR count). The highest BCUT2D eigenvalue weighted by Gasteiger charge is 2.34. The van der Waals surface area contributed by atoms with E-state index in [-0.39, 0.29) is 18.7 Å². The van der Waals surface area contributed by atoms with Crippen molar-refractivity contribution in [3.63, 3.8) is 0 Å². The van der Waals surface area contributed by atoms with E-state index in [1.807, 2.05) is 12.1 Å². The molecule has 0 unspecified atom stereocenters. The van der Waals surface area contributed by atoms with Crippen LogP contribution in [0, 0.1) is 0 Å². The van der Waals surface area contributed by atoms with Crippen LogP contribution in [0.4, 0.5) is 0 Å². The second kappa shape index (κ2) is 11.9. The van der Waals surface area contributed by atoms with Gasteiger partial charge in [-0.25, -0.2) is 4.98 Å². The van der Waals surface area contributed by atoms with Gasteiger partial charge in [0.1, 0.15) is 11.3 Å². The highest BCUT2D eigenvalue weighted by atomic mass is 16.5. The summed E-state index contributed by atoms with van der Waals surface area (Å²) < 4.78 is 25.5. The third-order valence-electron chi connectivity index (χ3n) is 10.2. The topological polar surface area (TPSA) is 92.3 Å². The molecule has 5 aromatic rings. The van der Waals surface area contributed by atoms with Crippen molar-refractivity contribution in [2.75, 3.05) is 41.4 Å². The first-order valence-electron chi connectivity index (χ1n) is 16.3. The smallest absolute Gasteiger partial charge is 0.174 e. The van der Waals surface area contributed by atoms with Crippen LogP contribution < -0.4 is 18.9 Å². The van der Waals surface area contributed by atoms with Gasteiger partial charge >= 0.3 is 0 Å². The van der Waals surface area contributed by atoms with Gasteiger partial charge in [-0.05, 0) is 110 Å². The SMILES string of the molecule is COc1cc2c3cc1Oc1c(OC)c(CO)cc4c1[C@H](Cc1ccc(cc1)Oc1cc(cc5[nH]cnc15)C[C@H]3N(C)CC2)N(C)CC4. The van der Waals surface area contributed by atoms with Gasteiger partial charge in [-0.3, -0.25) is 9.80 Å². The molecule has 242 valence electrons. The van der Waals surface area contributed by atoms with Crippen molar-refractivity contribution in [1.82, 2.24) is 19.8 Å². The average Bonchev–Trinajstić information content (AvgIpc) is 3.56. The van der Waals surface area contributed by atoms with Crippen LogP contribution in [0.15, 0.2) is 60.9 Å². The van der Waals surface area contributed by atoms with Crippen molar-refractivity contribution in [3.05, 3.63) is 99.9 Å². The largest absolute Gasteiger partial charge is 0.493 e. The van der Waals surface area contributed by atoms with Crippen molar-refractivity contribution in [2.45, 2.75) is 44.4 Å². The molecule has 0 radical (unpaired) electrons. The van der Waals surface area contributed by atoms with Crippen LogP contribution in [0.5, 0.6) is 34.5 Å². The normalized spacial score (nSPS) is 19.3. The molecule has 9 nitrogen and oxygen atoms in total. The summed E-state index contributed by atoms with van der Waals surface area (Å²) in [7, 11) is 7.68. The fourth-order valence-electron chi connectivity index (χ4n) is 7.70. The van der Waals surface area contributed by atoms with E-state index >= 15 is 0 Å². The molecule has 47 heavy (non-hydrogen) atoms. The molecule has 0 saturated heterocycles. The summed E-state index contributed by atoms with van der Waals surface area (Å²) in [6.07, 6.45) is 5.01. The zero-order valence-electron chi connectivity index (χ0n) is 27.3. The van der Waals surface area contributed by atoms with Gasteiger partial charge in [-0.1, -0.05) is 12.1 Å². The molecule has 0 saturated carbocycles. The molecule has 0 amide bonds. The number of aromatic nitrogens is 2. The summed E-state index contributed by atoms with van der Waals surface area (Å²) in [6.45, 7) is 1.67. The van der Waals surface area contributed by atoms with Crippen LogP contribution in [-0.2, 0) is 32.3 Å². The lowest BCUT2D eigenvalue weighted by atomic mass is 9.86. The van der Waals surface area contributed by atoms with Crippen molar-refractivity contribution in [2.24, 2.45) is 0 Å². The first kappa shape index (κ1) is 29.8. The van der Waals surface area contributed by atoms with Crippen molar-refractivity contribution >= 4 is 11.0 Å². The summed E-state index contributed by atoms with van der Waals surface area (Å²) in [5.74, 6) is 4.01. The highest BCUT2D eigenvalue weighted by Crippen LogP contribution is 2.50. The summed E-state index contributed by atoms with van der Waals surface area (Å²) in [5.41, 5.74) is 9.50. The van der Waals surface area contributed by atoms with Crippen LogP contribution in [0.1, 0.15) is 51.0 Å². The van der Waals surface area contributed by atoms with E-state index in [0.29, 0.717) is 28.6 Å². The molecule has 4 aliphatic heterocycles. The maximum absolute atomic E-state index is 10.4. The minimum atomic E-state index is -0.147. The van der Waals surface area contributed by atoms with Crippen molar-refractivity contribution < 1.29 is 24.1 Å². The lowest BCUT2D eigenvalue weighted by Crippen LogP contribution is -2.34. The van der Waals surface area contributed by atoms with E-state index in [2.05, 4.69) is 76.3 Å². The van der Waals surface area contributed by atoms with Crippen LogP contribution in [0.2, 0.25) is 0 Å². The van der Waals surface area contributed by atoms with Crippen molar-refractivity contribution in [1.29, 1.82) is 0 Å². The number of benzene rings is 4. The Morgan fingerprint density at radius 2 is 1.62 bits per heavy atom. The molecule has 6 bridgehead atoms. The number of H-pyrrole nitrogens is 1. The second-order valence-electron chi connectivity index (χ2n) is 13.0. The summed E-state index contributed by atoms with van der Waals surface area (Å²) >= 11 is 0. The number of fused-ring (bicyclic) bond motifs is 3. The highest BCUT2D eigenvalue weighted by molar-refractivity contribution is 5.82. The van der Waals surface area contributed by atoms with Crippen LogP contribution >= 0.6 is 0 Å². The Morgan fingerprint density at radius 3 is 2.38 bits per heavy atom. The minimum Gasteiger partial charge on any atom is -0.493 e. The first-order chi connectivity index (χ1) is 22.9. The molecule has 4 aromatic carbocycles. The number of hydrogen-bond acceptors (Lipinski definition) is 8. The van der Waals surface area contributed by atoms with E-state index < -0.39 is 0 Å². The number of aliphatic hydroxyl groups is 1. The number of methoxy groups -OCH3 is 2. The Kier molecular flexibility index (Phi) is 7.55. The van der Waals surface area contributed by atoms with Crippen LogP contribution in [0.25, 0.3) is 11.0 Å². The third kappa shape index (κ3) is 5.19. The average molecular weight is 633 g/mol. The number of hydrogen-bond donors (Lipinski definition) is 2. The number of nitrogens with one attached hydrogen (secondary N) is 1. The number of rotatable bonds is 3. The molecule has 1 aromatic heterocycles. The Balaban J connectivity index is 1.36. The standard InChI is InChI=1S/C38H40N4O5/c1-41-11-9-24-18-32(44-3)33-19-28(24)30(41)15-23-13-29-36(40-21-39-29)34(16-23)46-27-7-5-22(6-8-27)14-31-35-25(10-12-42(31)2)17-26(20-43)37(45-4)38(35)47-33/h5-8,13,16-19,21,30-31,43H,9-12,14-15,20H2,1-4H3,(H,39,40)/t30-,31+/m1/s1. The monoisotopic (exact) mass is 632 g/mol. The van der Waals surface area contributed by atoms with Crippen LogP contribution in [0.3, 0.4) is 0 Å². The molecule has 5 heterocycles. The zero-order valence-corrected chi connectivity index (χ0v) is 27.3. The molecule has 2 atom stereocenters. The van der Waals surface area contributed by atoms with Gasteiger partial charge in [0, 0.05) is 36.3 Å². The predicted molar refractivity (Wildman–Crippen MR) is 180 cm³/mol. The van der Waals surface area contributed by atoms with E-state index in [4.69, 9.17) is 18.9 Å². The number of aliphatic hydroxyl groups excluding tert-OH is 1. The Hall–Kier alpha value is -4.57. The van der Waals surface area contributed by atoms with Gasteiger partial charge < -0.3 is 29.0 Å². The van der Waals surface area contributed by atoms with E-state index in [1.54, 1.807) is 20.5 Å². The van der Waals surface area contributed by atoms with Gasteiger partial charge in [0.2, 0.25) is 0 Å². The predicted octanol–water partition coefficient (Wildman–Crippen LogP) is 6.51. The summed E-state index contributed by atoms with van der Waals surface area (Å²) in [5, 5.41) is 10.4. The second-order valence-corrected chi connectivity index (χ2v) is 13.0. The third-order valence-corrected chi connectivity index (χ3v) is 10.2. The van der Waals surface area contributed by atoms with Gasteiger partial charge in [-0.2, -0.15) is 0 Å². The Morgan fingerprint density at radius 1 is 0.851 bits per heavy atom. The van der Waals surface area contributed by atoms with Crippen LogP contribution in [-0.4, -0.2) is 66.3 Å². The molecule has 0 fully saturated rings. The molecule has 0 aliphatic carbocycles. The quantitative estimate of drug-likeness (QED) is 0.233. The number of ether oxygens (including phenoxy) is 4. The maximum atomic E-state index is 10.4. The minimum absolute atomic E-state index is 0.0175. The summed E-state index contributed by atoms with van der Waals surface area (Å²) in [4.78, 5) is 12.7. The van der Waals surface area contributed by atoms with E-state index in [1.165, 1.54) is 22.3 Å². The number of aromatic amines is 1. The van der Waals surface area contributed by atoms with Gasteiger partial charge in [-0.15, -0.1) is 0 Å². The van der Waals surface area contributed by atoms with E-state index in [9.17, 15) is 5.11 Å². The Labute approximate surface area is 274 Å².